The molecule has 1 unspecified atom stereocenters. The molecule has 2 heterocycles. The molecule has 4 atom stereocenters. The zero-order valence-electron chi connectivity index (χ0n) is 19.2. The molecule has 0 aromatic heterocycles. The largest absolute Gasteiger partial charge is 0.522 e. The van der Waals surface area contributed by atoms with Crippen LogP contribution in [0.15, 0.2) is 30.3 Å². The van der Waals surface area contributed by atoms with E-state index in [1.165, 1.54) is 0 Å². The number of benzene rings is 1. The zero-order chi connectivity index (χ0) is 25.2. The quantitative estimate of drug-likeness (QED) is 0.423. The van der Waals surface area contributed by atoms with E-state index in [9.17, 15) is 32.7 Å². The average molecular weight is 498 g/mol. The van der Waals surface area contributed by atoms with Gasteiger partial charge in [-0.25, -0.2) is 0 Å². The summed E-state index contributed by atoms with van der Waals surface area (Å²) in [6, 6.07) is 7.33. The first-order chi connectivity index (χ1) is 16.6. The van der Waals surface area contributed by atoms with Crippen LogP contribution >= 0.6 is 0 Å². The summed E-state index contributed by atoms with van der Waals surface area (Å²) >= 11 is 0. The fourth-order valence-electron chi connectivity index (χ4n) is 5.08. The van der Waals surface area contributed by atoms with Crippen molar-refractivity contribution in [1.82, 2.24) is 15.5 Å². The summed E-state index contributed by atoms with van der Waals surface area (Å²) in [6.07, 6.45) is -3.42. The van der Waals surface area contributed by atoms with Crippen molar-refractivity contribution in [3.05, 3.63) is 35.9 Å². The Hall–Kier alpha value is -2.50. The number of aliphatic hydroxyl groups is 1. The maximum Gasteiger partial charge on any atom is 0.522 e. The first-order valence-corrected chi connectivity index (χ1v) is 11.8. The van der Waals surface area contributed by atoms with Gasteiger partial charge in [0.2, 0.25) is 11.8 Å². The number of amides is 2. The van der Waals surface area contributed by atoms with E-state index in [0.29, 0.717) is 25.9 Å². The van der Waals surface area contributed by atoms with E-state index in [-0.39, 0.29) is 30.1 Å². The number of carbonyl (C=O) groups is 3. The number of rotatable bonds is 10. The number of halogens is 3. The van der Waals surface area contributed by atoms with E-state index in [1.54, 1.807) is 4.90 Å². The van der Waals surface area contributed by atoms with E-state index in [4.69, 9.17) is 0 Å². The van der Waals surface area contributed by atoms with Crippen LogP contribution in [0.4, 0.5) is 13.2 Å². The van der Waals surface area contributed by atoms with Gasteiger partial charge in [-0.2, -0.15) is 0 Å². The Balaban J connectivity index is 1.46. The van der Waals surface area contributed by atoms with Crippen molar-refractivity contribution >= 4 is 17.6 Å². The second kappa shape index (κ2) is 10.2. The number of ketones is 1. The van der Waals surface area contributed by atoms with Crippen LogP contribution in [-0.2, 0) is 25.5 Å². The lowest BCUT2D eigenvalue weighted by Crippen LogP contribution is -2.55. The monoisotopic (exact) mass is 497 g/mol. The molecule has 1 saturated carbocycles. The molecule has 2 amide bonds. The third-order valence-electron chi connectivity index (χ3n) is 7.21. The summed E-state index contributed by atoms with van der Waals surface area (Å²) < 4.78 is 41.2. The van der Waals surface area contributed by atoms with Gasteiger partial charge in [-0.3, -0.25) is 24.4 Å². The lowest BCUT2D eigenvalue weighted by atomic mass is 9.95. The number of hydrogen-bond donors (Lipinski definition) is 3. The van der Waals surface area contributed by atoms with Crippen molar-refractivity contribution in [2.45, 2.75) is 63.2 Å². The summed E-state index contributed by atoms with van der Waals surface area (Å²) in [6.45, 7) is -0.324. The highest BCUT2D eigenvalue weighted by molar-refractivity contribution is 5.87. The van der Waals surface area contributed by atoms with Gasteiger partial charge in [0.25, 0.3) is 0 Å². The molecule has 1 aromatic rings. The van der Waals surface area contributed by atoms with E-state index in [2.05, 4.69) is 15.4 Å². The van der Waals surface area contributed by atoms with Crippen LogP contribution in [0.3, 0.4) is 0 Å². The maximum absolute atomic E-state index is 13.1. The topological polar surface area (TPSA) is 108 Å². The molecule has 1 aromatic carbocycles. The normalized spacial score (nSPS) is 24.9. The predicted octanol–water partition coefficient (Wildman–Crippen LogP) is 1.52. The lowest BCUT2D eigenvalue weighted by molar-refractivity contribution is -0.321. The highest BCUT2D eigenvalue weighted by atomic mass is 19.4. The Labute approximate surface area is 201 Å². The summed E-state index contributed by atoms with van der Waals surface area (Å²) in [5, 5.41) is 16.4. The molecule has 8 nitrogen and oxygen atoms in total. The van der Waals surface area contributed by atoms with Crippen LogP contribution in [0.5, 0.6) is 0 Å². The molecule has 1 spiro atoms. The van der Waals surface area contributed by atoms with Crippen molar-refractivity contribution in [3.63, 3.8) is 0 Å². The van der Waals surface area contributed by atoms with E-state index in [1.807, 2.05) is 30.3 Å². The first kappa shape index (κ1) is 25.6. The number of nitrogens with one attached hydrogen (secondary N) is 2. The van der Waals surface area contributed by atoms with Gasteiger partial charge in [-0.05, 0) is 43.1 Å². The summed E-state index contributed by atoms with van der Waals surface area (Å²) in [7, 11) is 0. The lowest BCUT2D eigenvalue weighted by Gasteiger charge is -2.32. The molecule has 11 heteroatoms. The van der Waals surface area contributed by atoms with Gasteiger partial charge in [0.05, 0.1) is 18.5 Å². The molecule has 2 saturated heterocycles. The summed E-state index contributed by atoms with van der Waals surface area (Å²) in [4.78, 5) is 39.4. The van der Waals surface area contributed by atoms with E-state index >= 15 is 0 Å². The minimum Gasteiger partial charge on any atom is -0.376 e. The molecule has 35 heavy (non-hydrogen) atoms. The fraction of sp³-hybridized carbons (Fsp3) is 0.625. The van der Waals surface area contributed by atoms with Crippen LogP contribution in [0.25, 0.3) is 0 Å². The molecule has 2 aliphatic heterocycles. The highest BCUT2D eigenvalue weighted by Gasteiger charge is 2.55. The molecule has 1 aliphatic carbocycles. The minimum atomic E-state index is -4.98. The number of alkyl halides is 3. The number of hydrogen-bond acceptors (Lipinski definition) is 6. The maximum atomic E-state index is 13.1. The molecule has 3 N–H and O–H groups in total. The Kier molecular flexibility index (Phi) is 7.48. The molecule has 0 radical (unpaired) electrons. The Bertz CT molecular complexity index is 938. The highest BCUT2D eigenvalue weighted by Crippen LogP contribution is 2.55. The molecule has 3 fully saturated rings. The van der Waals surface area contributed by atoms with Crippen LogP contribution < -0.4 is 10.6 Å². The smallest absolute Gasteiger partial charge is 0.376 e. The van der Waals surface area contributed by atoms with Crippen molar-refractivity contribution in [2.75, 3.05) is 19.7 Å². The number of Topliss-reactive ketones (excluding diaryl/α,β-unsaturated/α-hetero) is 1. The Morgan fingerprint density at radius 1 is 1.26 bits per heavy atom. The van der Waals surface area contributed by atoms with Crippen molar-refractivity contribution in [1.29, 1.82) is 0 Å². The Morgan fingerprint density at radius 3 is 2.57 bits per heavy atom. The summed E-state index contributed by atoms with van der Waals surface area (Å²) in [5.41, 5.74) is 0.768. The van der Waals surface area contributed by atoms with Gasteiger partial charge in [0, 0.05) is 19.0 Å². The number of ether oxygens (including phenoxy) is 1. The van der Waals surface area contributed by atoms with Gasteiger partial charge >= 0.3 is 6.36 Å². The molecule has 192 valence electrons. The van der Waals surface area contributed by atoms with Crippen LogP contribution in [0, 0.1) is 11.3 Å². The SMILES string of the molecule is O=C1NCC[C@H]1C[C@H](NC(O)[C@@H]1CC2(CC2)CN1C(=O)Cc1ccccc1)C(=O)COC(F)(F)F. The minimum absolute atomic E-state index is 0.0656. The van der Waals surface area contributed by atoms with Crippen molar-refractivity contribution in [3.8, 4) is 0 Å². The van der Waals surface area contributed by atoms with Crippen LogP contribution in [-0.4, -0.2) is 72.0 Å². The average Bonchev–Trinajstić information content (AvgIpc) is 3.26. The van der Waals surface area contributed by atoms with Crippen LogP contribution in [0.1, 0.15) is 37.7 Å². The van der Waals surface area contributed by atoms with E-state index in [0.717, 1.165) is 18.4 Å². The molecule has 0 bridgehead atoms. The zero-order valence-corrected chi connectivity index (χ0v) is 19.2. The number of likely N-dealkylation sites (tertiary alicyclic amines) is 1. The number of carbonyl (C=O) groups excluding carboxylic acids is 3. The second-order valence-electron chi connectivity index (χ2n) is 9.83. The number of aliphatic hydroxyl groups excluding tert-OH is 1. The molecular weight excluding hydrogens is 467 g/mol. The fourth-order valence-corrected chi connectivity index (χ4v) is 5.08. The third kappa shape index (κ3) is 6.59. The van der Waals surface area contributed by atoms with Gasteiger partial charge in [-0.15, -0.1) is 13.2 Å². The molecule has 4 rings (SSSR count). The van der Waals surface area contributed by atoms with Gasteiger partial charge in [0.1, 0.15) is 12.8 Å². The van der Waals surface area contributed by atoms with Gasteiger partial charge in [-0.1, -0.05) is 30.3 Å². The van der Waals surface area contributed by atoms with Gasteiger partial charge in [0.15, 0.2) is 5.78 Å². The van der Waals surface area contributed by atoms with Crippen LogP contribution in [0.2, 0.25) is 0 Å². The summed E-state index contributed by atoms with van der Waals surface area (Å²) in [5.74, 6) is -1.93. The Morgan fingerprint density at radius 2 is 1.97 bits per heavy atom. The second-order valence-corrected chi connectivity index (χ2v) is 9.83. The standard InChI is InChI=1S/C24H30F3N3O5/c25-24(26,27)35-13-19(31)17(11-16-6-9-28-21(16)33)29-22(34)18-12-23(7-8-23)14-30(18)20(32)10-15-4-2-1-3-5-15/h1-5,16-18,22,29,34H,6-14H2,(H,28,33)/t16-,17-,18-,22?/m0/s1. The van der Waals surface area contributed by atoms with Crippen molar-refractivity contribution in [2.24, 2.45) is 11.3 Å². The third-order valence-corrected chi connectivity index (χ3v) is 7.21. The number of nitrogens with zero attached hydrogens (tertiary/aromatic N) is 1. The first-order valence-electron chi connectivity index (χ1n) is 11.8. The van der Waals surface area contributed by atoms with E-state index < -0.39 is 43.0 Å². The molecule has 3 aliphatic rings. The predicted molar refractivity (Wildman–Crippen MR) is 118 cm³/mol. The van der Waals surface area contributed by atoms with Gasteiger partial charge < -0.3 is 15.3 Å². The molecular formula is C24H30F3N3O5. The van der Waals surface area contributed by atoms with Crippen molar-refractivity contribution < 1.29 is 37.4 Å².